The smallest absolute Gasteiger partial charge is 0.481 e. The molecule has 0 atom stereocenters. The molecular weight excluding hydrogens is 281 g/mol. The lowest BCUT2D eigenvalue weighted by atomic mass is 9.79. The molecule has 2 aromatic heterocycles. The minimum atomic E-state index is -0.501. The SMILES string of the molecule is COc1nc(-n2cccn2)ccc1B1OC(C)(C)C(C)(C)O1. The van der Waals surface area contributed by atoms with Gasteiger partial charge < -0.3 is 14.0 Å². The summed E-state index contributed by atoms with van der Waals surface area (Å²) in [4.78, 5) is 4.49. The summed E-state index contributed by atoms with van der Waals surface area (Å²) in [6.45, 7) is 8.08. The maximum absolute atomic E-state index is 6.06. The summed E-state index contributed by atoms with van der Waals surface area (Å²) in [7, 11) is 1.09. The predicted molar refractivity (Wildman–Crippen MR) is 83.6 cm³/mol. The molecule has 1 aliphatic heterocycles. The van der Waals surface area contributed by atoms with E-state index in [4.69, 9.17) is 14.0 Å². The molecule has 1 aliphatic rings. The topological polar surface area (TPSA) is 58.4 Å². The lowest BCUT2D eigenvalue weighted by Crippen LogP contribution is -2.41. The largest absolute Gasteiger partial charge is 0.500 e. The summed E-state index contributed by atoms with van der Waals surface area (Å²) in [6, 6.07) is 5.62. The Labute approximate surface area is 130 Å². The summed E-state index contributed by atoms with van der Waals surface area (Å²) < 4.78 is 19.2. The number of pyridine rings is 1. The fourth-order valence-corrected chi connectivity index (χ4v) is 2.29. The second-order valence-corrected chi connectivity index (χ2v) is 6.31. The van der Waals surface area contributed by atoms with Crippen LogP contribution in [0.2, 0.25) is 0 Å². The Morgan fingerprint density at radius 3 is 2.36 bits per heavy atom. The first-order valence-corrected chi connectivity index (χ1v) is 7.25. The van der Waals surface area contributed by atoms with Gasteiger partial charge in [0, 0.05) is 17.9 Å². The van der Waals surface area contributed by atoms with E-state index >= 15 is 0 Å². The molecule has 1 saturated heterocycles. The van der Waals surface area contributed by atoms with Gasteiger partial charge >= 0.3 is 7.12 Å². The monoisotopic (exact) mass is 301 g/mol. The Morgan fingerprint density at radius 1 is 1.14 bits per heavy atom. The quantitative estimate of drug-likeness (QED) is 0.806. The third kappa shape index (κ3) is 2.40. The predicted octanol–water partition coefficient (Wildman–Crippen LogP) is 1.58. The third-order valence-electron chi connectivity index (χ3n) is 4.31. The molecule has 0 aliphatic carbocycles. The first-order chi connectivity index (χ1) is 10.3. The molecule has 0 bridgehead atoms. The molecule has 3 rings (SSSR count). The molecule has 3 heterocycles. The summed E-state index contributed by atoms with van der Waals surface area (Å²) in [5, 5.41) is 4.17. The van der Waals surface area contributed by atoms with Gasteiger partial charge in [-0.1, -0.05) is 6.07 Å². The van der Waals surface area contributed by atoms with Crippen molar-refractivity contribution in [3.05, 3.63) is 30.6 Å². The zero-order chi connectivity index (χ0) is 16.0. The number of aromatic nitrogens is 3. The normalized spacial score (nSPS) is 19.4. The second-order valence-electron chi connectivity index (χ2n) is 6.31. The molecule has 0 unspecified atom stereocenters. The highest BCUT2D eigenvalue weighted by atomic mass is 16.7. The van der Waals surface area contributed by atoms with Gasteiger partial charge in [0.25, 0.3) is 0 Å². The van der Waals surface area contributed by atoms with Crippen LogP contribution in [0.4, 0.5) is 0 Å². The highest BCUT2D eigenvalue weighted by Gasteiger charge is 2.52. The van der Waals surface area contributed by atoms with Crippen molar-refractivity contribution in [3.63, 3.8) is 0 Å². The molecule has 0 N–H and O–H groups in total. The van der Waals surface area contributed by atoms with E-state index in [9.17, 15) is 0 Å². The molecule has 7 heteroatoms. The van der Waals surface area contributed by atoms with Gasteiger partial charge in [0.05, 0.1) is 18.3 Å². The standard InChI is InChI=1S/C15H20BN3O3/c1-14(2)15(3,4)22-16(21-14)11-7-8-12(18-13(11)20-5)19-10-6-9-17-19/h6-10H,1-5H3. The number of rotatable bonds is 3. The van der Waals surface area contributed by atoms with Gasteiger partial charge in [0.1, 0.15) is 0 Å². The maximum Gasteiger partial charge on any atom is 0.500 e. The molecule has 116 valence electrons. The van der Waals surface area contributed by atoms with Crippen LogP contribution in [-0.4, -0.2) is 40.2 Å². The van der Waals surface area contributed by atoms with Crippen LogP contribution in [-0.2, 0) is 9.31 Å². The van der Waals surface area contributed by atoms with Crippen LogP contribution in [0.25, 0.3) is 5.82 Å². The van der Waals surface area contributed by atoms with E-state index in [0.717, 1.165) is 5.46 Å². The Bertz CT molecular complexity index is 655. The average Bonchev–Trinajstić information content (AvgIpc) is 3.05. The first-order valence-electron chi connectivity index (χ1n) is 7.25. The zero-order valence-corrected chi connectivity index (χ0v) is 13.5. The van der Waals surface area contributed by atoms with Crippen LogP contribution in [0.15, 0.2) is 30.6 Å². The van der Waals surface area contributed by atoms with Gasteiger partial charge in [-0.25, -0.2) is 4.68 Å². The fraction of sp³-hybridized carbons (Fsp3) is 0.467. The summed E-state index contributed by atoms with van der Waals surface area (Å²) in [6.07, 6.45) is 3.53. The van der Waals surface area contributed by atoms with Crippen LogP contribution in [0.3, 0.4) is 0 Å². The van der Waals surface area contributed by atoms with Crippen LogP contribution >= 0.6 is 0 Å². The molecule has 0 aromatic carbocycles. The van der Waals surface area contributed by atoms with Crippen LogP contribution in [0, 0.1) is 0 Å². The molecule has 22 heavy (non-hydrogen) atoms. The van der Waals surface area contributed by atoms with Crippen molar-refractivity contribution in [2.45, 2.75) is 38.9 Å². The molecule has 0 spiro atoms. The van der Waals surface area contributed by atoms with Crippen molar-refractivity contribution < 1.29 is 14.0 Å². The minimum Gasteiger partial charge on any atom is -0.481 e. The molecular formula is C15H20BN3O3. The fourth-order valence-electron chi connectivity index (χ4n) is 2.29. The summed E-state index contributed by atoms with van der Waals surface area (Å²) in [5.74, 6) is 1.16. The van der Waals surface area contributed by atoms with Crippen molar-refractivity contribution in [2.75, 3.05) is 7.11 Å². The van der Waals surface area contributed by atoms with E-state index in [1.807, 2.05) is 52.1 Å². The maximum atomic E-state index is 6.06. The zero-order valence-electron chi connectivity index (χ0n) is 13.5. The van der Waals surface area contributed by atoms with E-state index in [1.165, 1.54) is 0 Å². The van der Waals surface area contributed by atoms with Gasteiger partial charge in [-0.2, -0.15) is 10.1 Å². The van der Waals surface area contributed by atoms with Crippen molar-refractivity contribution in [1.29, 1.82) is 0 Å². The Balaban J connectivity index is 1.95. The number of hydrogen-bond donors (Lipinski definition) is 0. The number of nitrogens with zero attached hydrogens (tertiary/aromatic N) is 3. The van der Waals surface area contributed by atoms with Crippen molar-refractivity contribution in [1.82, 2.24) is 14.8 Å². The van der Waals surface area contributed by atoms with Crippen molar-refractivity contribution in [3.8, 4) is 11.7 Å². The Hall–Kier alpha value is -1.86. The van der Waals surface area contributed by atoms with E-state index < -0.39 is 18.3 Å². The van der Waals surface area contributed by atoms with Gasteiger partial charge in [-0.3, -0.25) is 0 Å². The van der Waals surface area contributed by atoms with Crippen LogP contribution in [0.1, 0.15) is 27.7 Å². The number of ether oxygens (including phenoxy) is 1. The lowest BCUT2D eigenvalue weighted by Gasteiger charge is -2.32. The minimum absolute atomic E-state index is 0.399. The van der Waals surface area contributed by atoms with E-state index in [2.05, 4.69) is 10.1 Å². The van der Waals surface area contributed by atoms with Crippen LogP contribution < -0.4 is 10.2 Å². The lowest BCUT2D eigenvalue weighted by molar-refractivity contribution is 0.00578. The second kappa shape index (κ2) is 5.10. The van der Waals surface area contributed by atoms with E-state index in [-0.39, 0.29) is 0 Å². The molecule has 0 amide bonds. The van der Waals surface area contributed by atoms with E-state index in [0.29, 0.717) is 11.7 Å². The van der Waals surface area contributed by atoms with Crippen molar-refractivity contribution >= 4 is 12.6 Å². The number of hydrogen-bond acceptors (Lipinski definition) is 5. The molecule has 1 fully saturated rings. The van der Waals surface area contributed by atoms with Gasteiger partial charge in [-0.15, -0.1) is 0 Å². The molecule has 0 saturated carbocycles. The highest BCUT2D eigenvalue weighted by molar-refractivity contribution is 6.63. The van der Waals surface area contributed by atoms with Gasteiger partial charge in [0.2, 0.25) is 5.88 Å². The Morgan fingerprint density at radius 2 is 1.82 bits per heavy atom. The first kappa shape index (κ1) is 15.1. The third-order valence-corrected chi connectivity index (χ3v) is 4.31. The molecule has 6 nitrogen and oxygen atoms in total. The van der Waals surface area contributed by atoms with Gasteiger partial charge in [0.15, 0.2) is 5.82 Å². The highest BCUT2D eigenvalue weighted by Crippen LogP contribution is 2.37. The average molecular weight is 301 g/mol. The summed E-state index contributed by atoms with van der Waals surface area (Å²) >= 11 is 0. The molecule has 0 radical (unpaired) electrons. The summed E-state index contributed by atoms with van der Waals surface area (Å²) in [5.41, 5.74) is -0.0239. The van der Waals surface area contributed by atoms with Crippen LogP contribution in [0.5, 0.6) is 5.88 Å². The Kier molecular flexibility index (Phi) is 3.49. The van der Waals surface area contributed by atoms with Gasteiger partial charge in [-0.05, 0) is 39.8 Å². The number of methoxy groups -OCH3 is 1. The van der Waals surface area contributed by atoms with Crippen molar-refractivity contribution in [2.24, 2.45) is 0 Å². The van der Waals surface area contributed by atoms with E-state index in [1.54, 1.807) is 18.0 Å². The molecule has 2 aromatic rings.